The monoisotopic (exact) mass is 186 g/mol. The molecule has 1 heterocycles. The maximum atomic E-state index is 11.5. The van der Waals surface area contributed by atoms with Gasteiger partial charge in [0.25, 0.3) is 0 Å². The fraction of sp³-hybridized carbons (Fsp3) is 0.889. The van der Waals surface area contributed by atoms with Gasteiger partial charge in [-0.25, -0.2) is 0 Å². The summed E-state index contributed by atoms with van der Waals surface area (Å²) < 4.78 is 4.93. The molecule has 0 aromatic carbocycles. The second kappa shape index (κ2) is 3.64. The zero-order valence-corrected chi connectivity index (χ0v) is 8.54. The van der Waals surface area contributed by atoms with Crippen LogP contribution in [0.4, 0.5) is 0 Å². The minimum absolute atomic E-state index is 0.272. The van der Waals surface area contributed by atoms with Crippen LogP contribution in [-0.4, -0.2) is 42.6 Å². The largest absolute Gasteiger partial charge is 0.465 e. The van der Waals surface area contributed by atoms with Crippen molar-refractivity contribution >= 4 is 5.97 Å². The van der Waals surface area contributed by atoms with Gasteiger partial charge in [0.05, 0.1) is 6.61 Å². The third-order valence-electron chi connectivity index (χ3n) is 2.63. The van der Waals surface area contributed by atoms with E-state index in [0.717, 1.165) is 0 Å². The topological polar surface area (TPSA) is 55.6 Å². The third-order valence-corrected chi connectivity index (χ3v) is 2.63. The highest BCUT2D eigenvalue weighted by molar-refractivity contribution is 5.81. The van der Waals surface area contributed by atoms with Crippen LogP contribution >= 0.6 is 0 Å². The number of hydrogen-bond acceptors (Lipinski definition) is 4. The van der Waals surface area contributed by atoms with Crippen LogP contribution in [0, 0.1) is 0 Å². The van der Waals surface area contributed by atoms with Crippen molar-refractivity contribution in [2.45, 2.75) is 31.8 Å². The van der Waals surface area contributed by atoms with Crippen molar-refractivity contribution in [3.63, 3.8) is 0 Å². The molecule has 0 aliphatic carbocycles. The molecule has 0 amide bonds. The molecule has 1 rings (SSSR count). The van der Waals surface area contributed by atoms with Crippen LogP contribution in [0.5, 0.6) is 0 Å². The molecule has 0 spiro atoms. The van der Waals surface area contributed by atoms with E-state index in [4.69, 9.17) is 10.5 Å². The van der Waals surface area contributed by atoms with Crippen molar-refractivity contribution < 1.29 is 9.53 Å². The predicted molar refractivity (Wildman–Crippen MR) is 50.3 cm³/mol. The van der Waals surface area contributed by atoms with Crippen molar-refractivity contribution in [3.8, 4) is 0 Å². The number of likely N-dealkylation sites (N-methyl/N-ethyl adjacent to an activating group) is 1. The van der Waals surface area contributed by atoms with Gasteiger partial charge < -0.3 is 15.4 Å². The molecule has 2 N–H and O–H groups in total. The molecule has 0 radical (unpaired) electrons. The van der Waals surface area contributed by atoms with Gasteiger partial charge in [0.1, 0.15) is 5.54 Å². The lowest BCUT2D eigenvalue weighted by Crippen LogP contribution is -2.50. The van der Waals surface area contributed by atoms with Gasteiger partial charge in [-0.05, 0) is 27.3 Å². The van der Waals surface area contributed by atoms with Crippen molar-refractivity contribution in [1.82, 2.24) is 4.90 Å². The van der Waals surface area contributed by atoms with Crippen LogP contribution in [0.15, 0.2) is 0 Å². The van der Waals surface area contributed by atoms with Gasteiger partial charge in [-0.3, -0.25) is 4.79 Å². The van der Waals surface area contributed by atoms with Crippen LogP contribution in [-0.2, 0) is 9.53 Å². The van der Waals surface area contributed by atoms with Gasteiger partial charge in [-0.1, -0.05) is 0 Å². The molecule has 2 unspecified atom stereocenters. The van der Waals surface area contributed by atoms with Crippen LogP contribution in [0.25, 0.3) is 0 Å². The fourth-order valence-corrected chi connectivity index (χ4v) is 1.77. The maximum absolute atomic E-state index is 11.5. The van der Waals surface area contributed by atoms with E-state index in [0.29, 0.717) is 25.6 Å². The Morgan fingerprint density at radius 2 is 2.38 bits per heavy atom. The zero-order chi connectivity index (χ0) is 10.1. The lowest BCUT2D eigenvalue weighted by molar-refractivity contribution is -0.149. The Morgan fingerprint density at radius 1 is 1.77 bits per heavy atom. The summed E-state index contributed by atoms with van der Waals surface area (Å²) in [6.45, 7) is 4.85. The van der Waals surface area contributed by atoms with Crippen molar-refractivity contribution in [3.05, 3.63) is 0 Å². The summed E-state index contributed by atoms with van der Waals surface area (Å²) >= 11 is 0. The van der Waals surface area contributed by atoms with Gasteiger partial charge in [-0.15, -0.1) is 0 Å². The minimum atomic E-state index is -0.788. The highest BCUT2D eigenvalue weighted by Gasteiger charge is 2.44. The smallest absolute Gasteiger partial charge is 0.327 e. The highest BCUT2D eigenvalue weighted by Crippen LogP contribution is 2.24. The number of hydrogen-bond donors (Lipinski definition) is 1. The second-order valence-corrected chi connectivity index (χ2v) is 3.84. The average Bonchev–Trinajstić information content (AvgIpc) is 2.28. The molecule has 0 aromatic rings. The summed E-state index contributed by atoms with van der Waals surface area (Å²) in [5.74, 6) is -0.272. The summed E-state index contributed by atoms with van der Waals surface area (Å²) in [5.41, 5.74) is 5.17. The van der Waals surface area contributed by atoms with Gasteiger partial charge >= 0.3 is 5.97 Å². The number of nitrogens with zero attached hydrogens (tertiary/aromatic N) is 1. The first-order valence-corrected chi connectivity index (χ1v) is 4.66. The van der Waals surface area contributed by atoms with Crippen LogP contribution in [0.1, 0.15) is 20.3 Å². The number of nitrogens with two attached hydrogens (primary N) is 1. The quantitative estimate of drug-likeness (QED) is 0.615. The predicted octanol–water partition coefficient (Wildman–Crippen LogP) is -0.0290. The Labute approximate surface area is 79.0 Å². The minimum Gasteiger partial charge on any atom is -0.465 e. The fourth-order valence-electron chi connectivity index (χ4n) is 1.77. The molecule has 2 atom stereocenters. The number of likely N-dealkylation sites (tertiary alicyclic amines) is 1. The number of ether oxygens (including phenoxy) is 1. The Balaban J connectivity index is 2.63. The summed E-state index contributed by atoms with van der Waals surface area (Å²) in [5, 5.41) is 0. The molecule has 4 nitrogen and oxygen atoms in total. The van der Waals surface area contributed by atoms with Crippen LogP contribution < -0.4 is 5.73 Å². The van der Waals surface area contributed by atoms with E-state index in [9.17, 15) is 4.79 Å². The Bertz CT molecular complexity index is 196. The van der Waals surface area contributed by atoms with Gasteiger partial charge in [0.15, 0.2) is 0 Å². The van der Waals surface area contributed by atoms with Gasteiger partial charge in [-0.2, -0.15) is 0 Å². The van der Waals surface area contributed by atoms with Crippen molar-refractivity contribution in [1.29, 1.82) is 0 Å². The lowest BCUT2D eigenvalue weighted by atomic mass is 9.98. The molecule has 1 saturated heterocycles. The van der Waals surface area contributed by atoms with Crippen molar-refractivity contribution in [2.75, 3.05) is 20.2 Å². The average molecular weight is 186 g/mol. The van der Waals surface area contributed by atoms with Gasteiger partial charge in [0, 0.05) is 12.6 Å². The lowest BCUT2D eigenvalue weighted by Gasteiger charge is -2.20. The number of esters is 1. The Hall–Kier alpha value is -0.610. The van der Waals surface area contributed by atoms with E-state index in [2.05, 4.69) is 11.8 Å². The zero-order valence-electron chi connectivity index (χ0n) is 8.54. The molecular formula is C9H18N2O2. The molecule has 4 heteroatoms. The summed E-state index contributed by atoms with van der Waals surface area (Å²) in [4.78, 5) is 13.6. The SMILES string of the molecule is CCOC(=O)C1(N)CC(C)N(C)C1. The molecular weight excluding hydrogens is 168 g/mol. The summed E-state index contributed by atoms with van der Waals surface area (Å²) in [6, 6.07) is 0.356. The number of rotatable bonds is 2. The molecule has 0 bridgehead atoms. The van der Waals surface area contributed by atoms with Crippen LogP contribution in [0.3, 0.4) is 0 Å². The normalized spacial score (nSPS) is 34.9. The summed E-state index contributed by atoms with van der Waals surface area (Å²) in [6.07, 6.45) is 0.683. The molecule has 0 saturated carbocycles. The molecule has 13 heavy (non-hydrogen) atoms. The second-order valence-electron chi connectivity index (χ2n) is 3.84. The molecule has 0 aromatic heterocycles. The molecule has 1 aliphatic heterocycles. The molecule has 76 valence electrons. The molecule has 1 fully saturated rings. The first-order valence-electron chi connectivity index (χ1n) is 4.66. The number of carbonyl (C=O) groups excluding carboxylic acids is 1. The van der Waals surface area contributed by atoms with E-state index in [1.54, 1.807) is 6.92 Å². The maximum Gasteiger partial charge on any atom is 0.327 e. The van der Waals surface area contributed by atoms with Crippen LogP contribution in [0.2, 0.25) is 0 Å². The standard InChI is InChI=1S/C9H18N2O2/c1-4-13-8(12)9(10)5-7(2)11(3)6-9/h7H,4-6,10H2,1-3H3. The van der Waals surface area contributed by atoms with E-state index in [-0.39, 0.29) is 5.97 Å². The third kappa shape index (κ3) is 2.00. The van der Waals surface area contributed by atoms with E-state index < -0.39 is 5.54 Å². The van der Waals surface area contributed by atoms with Gasteiger partial charge in [0.2, 0.25) is 0 Å². The first-order chi connectivity index (χ1) is 5.99. The highest BCUT2D eigenvalue weighted by atomic mass is 16.5. The van der Waals surface area contributed by atoms with E-state index >= 15 is 0 Å². The van der Waals surface area contributed by atoms with Crippen molar-refractivity contribution in [2.24, 2.45) is 5.73 Å². The Kier molecular flexibility index (Phi) is 2.93. The number of carbonyl (C=O) groups is 1. The molecule has 1 aliphatic rings. The summed E-state index contributed by atoms with van der Waals surface area (Å²) in [7, 11) is 1.97. The van der Waals surface area contributed by atoms with E-state index in [1.165, 1.54) is 0 Å². The first kappa shape index (κ1) is 10.5. The Morgan fingerprint density at radius 3 is 2.77 bits per heavy atom. The van der Waals surface area contributed by atoms with E-state index in [1.807, 2.05) is 7.05 Å².